The van der Waals surface area contributed by atoms with Crippen molar-refractivity contribution in [2.75, 3.05) is 13.1 Å². The van der Waals surface area contributed by atoms with E-state index in [9.17, 15) is 9.50 Å². The number of hydrogen-bond acceptors (Lipinski definition) is 2. The number of aliphatic hydroxyl groups is 1. The maximum absolute atomic E-state index is 13.0. The topological polar surface area (TPSA) is 32.3 Å². The molecule has 0 fully saturated rings. The van der Waals surface area contributed by atoms with Crippen LogP contribution in [-0.2, 0) is 6.42 Å². The molecule has 1 rings (SSSR count). The Hall–Kier alpha value is -0.450. The van der Waals surface area contributed by atoms with Gasteiger partial charge in [-0.15, -0.1) is 0 Å². The van der Waals surface area contributed by atoms with Crippen LogP contribution in [0.3, 0.4) is 0 Å². The van der Waals surface area contributed by atoms with Crippen molar-refractivity contribution in [3.05, 3.63) is 34.1 Å². The number of nitrogens with one attached hydrogen (secondary N) is 1. The molecule has 0 spiro atoms. The third-order valence-corrected chi connectivity index (χ3v) is 3.72. The Labute approximate surface area is 123 Å². The highest BCUT2D eigenvalue weighted by molar-refractivity contribution is 9.10. The lowest BCUT2D eigenvalue weighted by molar-refractivity contribution is 0.0512. The maximum Gasteiger partial charge on any atom is 0.124 e. The molecule has 2 nitrogen and oxygen atoms in total. The third-order valence-electron chi connectivity index (χ3n) is 2.98. The monoisotopic (exact) mass is 331 g/mol. The Morgan fingerprint density at radius 2 is 2.11 bits per heavy atom. The van der Waals surface area contributed by atoms with Crippen LogP contribution in [0.2, 0.25) is 0 Å². The van der Waals surface area contributed by atoms with Crippen LogP contribution in [0.5, 0.6) is 0 Å². The van der Waals surface area contributed by atoms with E-state index in [0.717, 1.165) is 18.7 Å². The van der Waals surface area contributed by atoms with Crippen LogP contribution in [0.25, 0.3) is 0 Å². The zero-order valence-corrected chi connectivity index (χ0v) is 13.4. The van der Waals surface area contributed by atoms with Gasteiger partial charge in [-0.05, 0) is 50.0 Å². The summed E-state index contributed by atoms with van der Waals surface area (Å²) in [4.78, 5) is 0. The molecule has 0 aliphatic carbocycles. The fraction of sp³-hybridized carbons (Fsp3) is 0.600. The first-order valence-electron chi connectivity index (χ1n) is 6.67. The Bertz CT molecular complexity index is 407. The maximum atomic E-state index is 13.0. The third kappa shape index (κ3) is 6.50. The molecule has 0 saturated heterocycles. The van der Waals surface area contributed by atoms with Crippen LogP contribution in [-0.4, -0.2) is 23.8 Å². The molecule has 0 amide bonds. The SMILES string of the molecule is CC(C)CNCCC(C)(O)Cc1ccc(F)cc1Br. The van der Waals surface area contributed by atoms with Crippen LogP contribution in [0, 0.1) is 11.7 Å². The molecule has 0 heterocycles. The molecule has 0 aromatic heterocycles. The fourth-order valence-corrected chi connectivity index (χ4v) is 2.40. The minimum Gasteiger partial charge on any atom is -0.390 e. The van der Waals surface area contributed by atoms with Gasteiger partial charge < -0.3 is 10.4 Å². The van der Waals surface area contributed by atoms with Gasteiger partial charge in [-0.3, -0.25) is 0 Å². The summed E-state index contributed by atoms with van der Waals surface area (Å²) in [6.07, 6.45) is 1.18. The molecule has 0 radical (unpaired) electrons. The highest BCUT2D eigenvalue weighted by Crippen LogP contribution is 2.24. The van der Waals surface area contributed by atoms with E-state index in [1.165, 1.54) is 12.1 Å². The largest absolute Gasteiger partial charge is 0.390 e. The molecule has 1 atom stereocenters. The summed E-state index contributed by atoms with van der Waals surface area (Å²) in [5.41, 5.74) is 0.139. The average Bonchev–Trinajstić information content (AvgIpc) is 2.28. The lowest BCUT2D eigenvalue weighted by atomic mass is 9.93. The second-order valence-corrected chi connectivity index (χ2v) is 6.61. The Balaban J connectivity index is 2.49. The van der Waals surface area contributed by atoms with Gasteiger partial charge in [-0.25, -0.2) is 4.39 Å². The van der Waals surface area contributed by atoms with E-state index in [4.69, 9.17) is 0 Å². The van der Waals surface area contributed by atoms with Crippen LogP contribution >= 0.6 is 15.9 Å². The summed E-state index contributed by atoms with van der Waals surface area (Å²) in [5.74, 6) is 0.338. The van der Waals surface area contributed by atoms with Crippen molar-refractivity contribution in [3.63, 3.8) is 0 Å². The highest BCUT2D eigenvalue weighted by Gasteiger charge is 2.21. The summed E-state index contributed by atoms with van der Waals surface area (Å²) < 4.78 is 13.7. The number of rotatable bonds is 7. The molecular weight excluding hydrogens is 309 g/mol. The minimum absolute atomic E-state index is 0.270. The molecule has 1 aromatic carbocycles. The predicted molar refractivity (Wildman–Crippen MR) is 80.8 cm³/mol. The molecular formula is C15H23BrFNO. The van der Waals surface area contributed by atoms with Crippen molar-refractivity contribution in [3.8, 4) is 0 Å². The average molecular weight is 332 g/mol. The first-order chi connectivity index (χ1) is 8.80. The van der Waals surface area contributed by atoms with Gasteiger partial charge in [0.2, 0.25) is 0 Å². The molecule has 0 bridgehead atoms. The van der Waals surface area contributed by atoms with Gasteiger partial charge in [-0.2, -0.15) is 0 Å². The zero-order valence-electron chi connectivity index (χ0n) is 11.8. The van der Waals surface area contributed by atoms with Gasteiger partial charge in [0.15, 0.2) is 0 Å². The molecule has 0 saturated carbocycles. The second-order valence-electron chi connectivity index (χ2n) is 5.76. The molecule has 19 heavy (non-hydrogen) atoms. The number of halogens is 2. The standard InChI is InChI=1S/C15H23BrFNO/c1-11(2)10-18-7-6-15(3,19)9-12-4-5-13(17)8-14(12)16/h4-5,8,11,18-19H,6-7,9-10H2,1-3H3. The second kappa shape index (κ2) is 7.36. The van der Waals surface area contributed by atoms with Gasteiger partial charge in [0, 0.05) is 10.9 Å². The van der Waals surface area contributed by atoms with Crippen LogP contribution < -0.4 is 5.32 Å². The number of benzene rings is 1. The van der Waals surface area contributed by atoms with E-state index in [1.807, 2.05) is 6.92 Å². The van der Waals surface area contributed by atoms with Crippen LogP contribution in [0.1, 0.15) is 32.8 Å². The molecule has 4 heteroatoms. The molecule has 0 aliphatic rings. The summed E-state index contributed by atoms with van der Waals surface area (Å²) in [7, 11) is 0. The Kier molecular flexibility index (Phi) is 6.43. The molecule has 1 aromatic rings. The van der Waals surface area contributed by atoms with Crippen molar-refractivity contribution < 1.29 is 9.50 Å². The van der Waals surface area contributed by atoms with Crippen LogP contribution in [0.4, 0.5) is 4.39 Å². The van der Waals surface area contributed by atoms with E-state index < -0.39 is 5.60 Å². The van der Waals surface area contributed by atoms with Crippen molar-refractivity contribution in [1.82, 2.24) is 5.32 Å². The molecule has 108 valence electrons. The van der Waals surface area contributed by atoms with Crippen LogP contribution in [0.15, 0.2) is 22.7 Å². The van der Waals surface area contributed by atoms with E-state index in [1.54, 1.807) is 6.07 Å². The van der Waals surface area contributed by atoms with Crippen molar-refractivity contribution >= 4 is 15.9 Å². The summed E-state index contributed by atoms with van der Waals surface area (Å²) in [6, 6.07) is 4.57. The highest BCUT2D eigenvalue weighted by atomic mass is 79.9. The van der Waals surface area contributed by atoms with E-state index >= 15 is 0 Å². The van der Waals surface area contributed by atoms with Gasteiger partial charge in [-0.1, -0.05) is 35.8 Å². The van der Waals surface area contributed by atoms with Gasteiger partial charge in [0.25, 0.3) is 0 Å². The smallest absolute Gasteiger partial charge is 0.124 e. The lowest BCUT2D eigenvalue weighted by Crippen LogP contribution is -2.33. The quantitative estimate of drug-likeness (QED) is 0.749. The number of hydrogen-bond donors (Lipinski definition) is 2. The van der Waals surface area contributed by atoms with E-state index in [2.05, 4.69) is 35.1 Å². The summed E-state index contributed by atoms with van der Waals surface area (Å²) >= 11 is 3.33. The minimum atomic E-state index is -0.787. The van der Waals surface area contributed by atoms with Gasteiger partial charge in [0.1, 0.15) is 5.82 Å². The van der Waals surface area contributed by atoms with E-state index in [-0.39, 0.29) is 5.82 Å². The summed E-state index contributed by atoms with van der Waals surface area (Å²) in [5, 5.41) is 13.7. The molecule has 0 aliphatic heterocycles. The summed E-state index contributed by atoms with van der Waals surface area (Å²) in [6.45, 7) is 7.86. The first kappa shape index (κ1) is 16.6. The van der Waals surface area contributed by atoms with Crippen molar-refractivity contribution in [2.24, 2.45) is 5.92 Å². The Morgan fingerprint density at radius 1 is 1.42 bits per heavy atom. The molecule has 1 unspecified atom stereocenters. The predicted octanol–water partition coefficient (Wildman–Crippen LogP) is 3.52. The fourth-order valence-electron chi connectivity index (χ4n) is 1.91. The normalized spacial score (nSPS) is 14.7. The van der Waals surface area contributed by atoms with Crippen molar-refractivity contribution in [1.29, 1.82) is 0 Å². The first-order valence-corrected chi connectivity index (χ1v) is 7.46. The van der Waals surface area contributed by atoms with E-state index in [0.29, 0.717) is 23.2 Å². The van der Waals surface area contributed by atoms with Crippen molar-refractivity contribution in [2.45, 2.75) is 39.2 Å². The van der Waals surface area contributed by atoms with Gasteiger partial charge in [0.05, 0.1) is 5.60 Å². The molecule has 2 N–H and O–H groups in total. The zero-order chi connectivity index (χ0) is 14.5. The Morgan fingerprint density at radius 3 is 2.68 bits per heavy atom. The lowest BCUT2D eigenvalue weighted by Gasteiger charge is -2.24. The van der Waals surface area contributed by atoms with Gasteiger partial charge >= 0.3 is 0 Å².